The summed E-state index contributed by atoms with van der Waals surface area (Å²) in [6.45, 7) is 7.91. The zero-order valence-corrected chi connectivity index (χ0v) is 13.6. The maximum Gasteiger partial charge on any atom is 0.223 e. The van der Waals surface area contributed by atoms with Crippen molar-refractivity contribution in [1.82, 2.24) is 0 Å². The smallest absolute Gasteiger partial charge is 0.223 e. The molecule has 3 nitrogen and oxygen atoms in total. The first-order chi connectivity index (χ1) is 9.86. The Kier molecular flexibility index (Phi) is 6.35. The first-order valence-corrected chi connectivity index (χ1v) is 7.20. The monoisotopic (exact) mass is 288 g/mol. The van der Waals surface area contributed by atoms with Gasteiger partial charge in [-0.05, 0) is 47.0 Å². The van der Waals surface area contributed by atoms with Gasteiger partial charge in [0.15, 0.2) is 11.5 Å². The SMILES string of the molecule is COC1=CC(=O)C(C/C=C(/C)CCC=C(C)C)=C(C)C1=O. The summed E-state index contributed by atoms with van der Waals surface area (Å²) in [5, 5.41) is 0. The van der Waals surface area contributed by atoms with Crippen LogP contribution in [0.25, 0.3) is 0 Å². The lowest BCUT2D eigenvalue weighted by molar-refractivity contribution is -0.118. The Morgan fingerprint density at radius 1 is 1.19 bits per heavy atom. The molecule has 0 spiro atoms. The largest absolute Gasteiger partial charge is 0.493 e. The van der Waals surface area contributed by atoms with E-state index in [1.165, 1.54) is 24.3 Å². The van der Waals surface area contributed by atoms with Gasteiger partial charge >= 0.3 is 0 Å². The molecule has 0 heterocycles. The minimum absolute atomic E-state index is 0.128. The molecular formula is C18H24O3. The molecule has 0 unspecified atom stereocenters. The zero-order chi connectivity index (χ0) is 16.0. The van der Waals surface area contributed by atoms with Crippen LogP contribution < -0.4 is 0 Å². The quantitative estimate of drug-likeness (QED) is 0.546. The van der Waals surface area contributed by atoms with Crippen molar-refractivity contribution in [2.75, 3.05) is 7.11 Å². The van der Waals surface area contributed by atoms with Gasteiger partial charge in [0.2, 0.25) is 5.78 Å². The first kappa shape index (κ1) is 17.2. The van der Waals surface area contributed by atoms with E-state index in [1.807, 2.05) is 6.08 Å². The lowest BCUT2D eigenvalue weighted by Gasteiger charge is -2.14. The highest BCUT2D eigenvalue weighted by atomic mass is 16.5. The minimum atomic E-state index is -0.192. The molecule has 0 atom stereocenters. The van der Waals surface area contributed by atoms with Crippen molar-refractivity contribution in [3.63, 3.8) is 0 Å². The van der Waals surface area contributed by atoms with Crippen molar-refractivity contribution >= 4 is 11.6 Å². The molecular weight excluding hydrogens is 264 g/mol. The molecule has 0 fully saturated rings. The molecule has 3 heteroatoms. The van der Waals surface area contributed by atoms with Crippen molar-refractivity contribution in [2.45, 2.75) is 47.0 Å². The maximum atomic E-state index is 12.0. The molecule has 0 saturated carbocycles. The number of carbonyl (C=O) groups is 2. The van der Waals surface area contributed by atoms with Gasteiger partial charge < -0.3 is 4.74 Å². The number of Topliss-reactive ketones (excluding diaryl/α,β-unsaturated/α-hetero) is 1. The van der Waals surface area contributed by atoms with E-state index in [9.17, 15) is 9.59 Å². The Bertz CT molecular complexity index is 553. The number of hydrogen-bond acceptors (Lipinski definition) is 3. The zero-order valence-electron chi connectivity index (χ0n) is 13.6. The van der Waals surface area contributed by atoms with E-state index in [4.69, 9.17) is 4.74 Å². The van der Waals surface area contributed by atoms with Crippen LogP contribution in [0.2, 0.25) is 0 Å². The van der Waals surface area contributed by atoms with E-state index in [-0.39, 0.29) is 17.3 Å². The predicted octanol–water partition coefficient (Wildman–Crippen LogP) is 4.07. The van der Waals surface area contributed by atoms with E-state index in [1.54, 1.807) is 6.92 Å². The number of allylic oxidation sites excluding steroid dienone is 7. The molecule has 0 bridgehead atoms. The number of hydrogen-bond donors (Lipinski definition) is 0. The van der Waals surface area contributed by atoms with E-state index < -0.39 is 0 Å². The van der Waals surface area contributed by atoms with Gasteiger partial charge in [-0.1, -0.05) is 23.3 Å². The highest BCUT2D eigenvalue weighted by molar-refractivity contribution is 6.21. The van der Waals surface area contributed by atoms with Crippen LogP contribution >= 0.6 is 0 Å². The van der Waals surface area contributed by atoms with Crippen LogP contribution in [0.4, 0.5) is 0 Å². The fourth-order valence-corrected chi connectivity index (χ4v) is 2.15. The summed E-state index contributed by atoms with van der Waals surface area (Å²) in [6.07, 6.45) is 8.00. The molecule has 0 N–H and O–H groups in total. The van der Waals surface area contributed by atoms with E-state index in [0.717, 1.165) is 12.8 Å². The molecule has 0 aromatic heterocycles. The molecule has 0 saturated heterocycles. The Morgan fingerprint density at radius 2 is 1.86 bits per heavy atom. The van der Waals surface area contributed by atoms with Crippen LogP contribution in [0, 0.1) is 0 Å². The third-order valence-corrected chi connectivity index (χ3v) is 3.54. The lowest BCUT2D eigenvalue weighted by Crippen LogP contribution is -2.18. The summed E-state index contributed by atoms with van der Waals surface area (Å²) in [4.78, 5) is 24.0. The third kappa shape index (κ3) is 4.85. The standard InChI is InChI=1S/C18H24O3/c1-12(2)7-6-8-13(3)9-10-15-14(4)18(20)17(21-5)11-16(15)19/h7,9,11H,6,8,10H2,1-5H3/b13-9-. The molecule has 114 valence electrons. The highest BCUT2D eigenvalue weighted by Crippen LogP contribution is 2.23. The van der Waals surface area contributed by atoms with Crippen LogP contribution in [0.3, 0.4) is 0 Å². The van der Waals surface area contributed by atoms with Crippen molar-refractivity contribution < 1.29 is 14.3 Å². The molecule has 1 rings (SSSR count). The van der Waals surface area contributed by atoms with Gasteiger partial charge in [-0.2, -0.15) is 0 Å². The number of methoxy groups -OCH3 is 1. The Labute approximate surface area is 127 Å². The van der Waals surface area contributed by atoms with Crippen molar-refractivity contribution in [3.05, 3.63) is 46.3 Å². The minimum Gasteiger partial charge on any atom is -0.493 e. The van der Waals surface area contributed by atoms with E-state index >= 15 is 0 Å². The van der Waals surface area contributed by atoms with Crippen LogP contribution in [0.5, 0.6) is 0 Å². The average molecular weight is 288 g/mol. The number of ketones is 2. The van der Waals surface area contributed by atoms with E-state index in [0.29, 0.717) is 17.6 Å². The van der Waals surface area contributed by atoms with Gasteiger partial charge in [0, 0.05) is 17.2 Å². The number of rotatable bonds is 6. The van der Waals surface area contributed by atoms with Gasteiger partial charge in [-0.3, -0.25) is 9.59 Å². The molecule has 0 aromatic carbocycles. The molecule has 0 radical (unpaired) electrons. The molecule has 0 amide bonds. The molecule has 0 aromatic rings. The summed E-state index contributed by atoms with van der Waals surface area (Å²) in [6, 6.07) is 0. The van der Waals surface area contributed by atoms with Crippen molar-refractivity contribution in [2.24, 2.45) is 0 Å². The summed E-state index contributed by atoms with van der Waals surface area (Å²) in [5.41, 5.74) is 3.61. The van der Waals surface area contributed by atoms with Crippen LogP contribution in [0.1, 0.15) is 47.0 Å². The van der Waals surface area contributed by atoms with E-state index in [2.05, 4.69) is 26.8 Å². The van der Waals surface area contributed by atoms with Gasteiger partial charge in [-0.25, -0.2) is 0 Å². The molecule has 21 heavy (non-hydrogen) atoms. The fourth-order valence-electron chi connectivity index (χ4n) is 2.15. The van der Waals surface area contributed by atoms with Gasteiger partial charge in [0.1, 0.15) is 0 Å². The second-order valence-corrected chi connectivity index (χ2v) is 5.58. The predicted molar refractivity (Wildman–Crippen MR) is 84.8 cm³/mol. The molecule has 1 aliphatic rings. The summed E-state index contributed by atoms with van der Waals surface area (Å²) in [5.74, 6) is -0.189. The average Bonchev–Trinajstić information content (AvgIpc) is 2.42. The Hall–Kier alpha value is -1.90. The summed E-state index contributed by atoms with van der Waals surface area (Å²) < 4.78 is 4.93. The van der Waals surface area contributed by atoms with Crippen LogP contribution in [-0.4, -0.2) is 18.7 Å². The van der Waals surface area contributed by atoms with Crippen LogP contribution in [0.15, 0.2) is 46.3 Å². The normalized spacial score (nSPS) is 16.0. The maximum absolute atomic E-state index is 12.0. The van der Waals surface area contributed by atoms with Gasteiger partial charge in [0.25, 0.3) is 0 Å². The van der Waals surface area contributed by atoms with Crippen molar-refractivity contribution in [3.8, 4) is 0 Å². The third-order valence-electron chi connectivity index (χ3n) is 3.54. The fraction of sp³-hybridized carbons (Fsp3) is 0.444. The second-order valence-electron chi connectivity index (χ2n) is 5.58. The van der Waals surface area contributed by atoms with Crippen molar-refractivity contribution in [1.29, 1.82) is 0 Å². The summed E-state index contributed by atoms with van der Waals surface area (Å²) >= 11 is 0. The van der Waals surface area contributed by atoms with Gasteiger partial charge in [-0.15, -0.1) is 0 Å². The number of carbonyl (C=O) groups excluding carboxylic acids is 2. The van der Waals surface area contributed by atoms with Crippen LogP contribution in [-0.2, 0) is 14.3 Å². The topological polar surface area (TPSA) is 43.4 Å². The lowest BCUT2D eigenvalue weighted by atomic mass is 9.91. The Balaban J connectivity index is 2.74. The van der Waals surface area contributed by atoms with Gasteiger partial charge in [0.05, 0.1) is 7.11 Å². The first-order valence-electron chi connectivity index (χ1n) is 7.20. The number of ether oxygens (including phenoxy) is 1. The molecule has 1 aliphatic carbocycles. The summed E-state index contributed by atoms with van der Waals surface area (Å²) in [7, 11) is 1.41. The molecule has 0 aliphatic heterocycles. The highest BCUT2D eigenvalue weighted by Gasteiger charge is 2.25. The Morgan fingerprint density at radius 3 is 2.43 bits per heavy atom. The second kappa shape index (κ2) is 7.77.